The summed E-state index contributed by atoms with van der Waals surface area (Å²) < 4.78 is 1.22. The van der Waals surface area contributed by atoms with Crippen molar-refractivity contribution in [1.29, 1.82) is 0 Å². The van der Waals surface area contributed by atoms with E-state index in [0.717, 1.165) is 22.4 Å². The minimum absolute atomic E-state index is 0.0990. The molecule has 0 saturated heterocycles. The topological polar surface area (TPSA) is 106 Å². The third kappa shape index (κ3) is 3.78. The van der Waals surface area contributed by atoms with E-state index in [9.17, 15) is 9.59 Å². The van der Waals surface area contributed by atoms with Crippen molar-refractivity contribution in [2.45, 2.75) is 13.0 Å². The molecule has 1 amide bonds. The van der Waals surface area contributed by atoms with Gasteiger partial charge in [0.1, 0.15) is 11.3 Å². The summed E-state index contributed by atoms with van der Waals surface area (Å²) in [5.41, 5.74) is 3.63. The highest BCUT2D eigenvalue weighted by Gasteiger charge is 2.10. The van der Waals surface area contributed by atoms with Gasteiger partial charge in [-0.3, -0.25) is 9.59 Å². The predicted molar refractivity (Wildman–Crippen MR) is 119 cm³/mol. The maximum Gasteiger partial charge on any atom is 0.277 e. The van der Waals surface area contributed by atoms with Crippen LogP contribution >= 0.6 is 0 Å². The number of imidazole rings is 1. The molecule has 3 aromatic carbocycles. The van der Waals surface area contributed by atoms with Gasteiger partial charge in [-0.1, -0.05) is 41.6 Å². The van der Waals surface area contributed by atoms with E-state index in [0.29, 0.717) is 16.6 Å². The average Bonchev–Trinajstić information content (AvgIpc) is 3.23. The standard InChI is InChI=1S/C23H18N6O2/c30-21(12-13-29-23(31)17-8-1-2-9-18(17)27-28-29)24-16-7-5-6-15(14-16)22-25-19-10-3-4-11-20(19)26-22/h1-11,14H,12-13H2,(H,24,30)(H,25,26). The molecule has 5 aromatic rings. The van der Waals surface area contributed by atoms with Crippen molar-refractivity contribution >= 4 is 33.5 Å². The maximum atomic E-state index is 12.5. The van der Waals surface area contributed by atoms with Gasteiger partial charge in [-0.05, 0) is 36.4 Å². The molecule has 2 N–H and O–H groups in total. The largest absolute Gasteiger partial charge is 0.338 e. The zero-order chi connectivity index (χ0) is 21.2. The molecule has 0 radical (unpaired) electrons. The Labute approximate surface area is 176 Å². The second-order valence-electron chi connectivity index (χ2n) is 7.12. The maximum absolute atomic E-state index is 12.5. The number of nitrogens with zero attached hydrogens (tertiary/aromatic N) is 4. The summed E-state index contributed by atoms with van der Waals surface area (Å²) in [5.74, 6) is 0.513. The van der Waals surface area contributed by atoms with Crippen molar-refractivity contribution in [2.24, 2.45) is 0 Å². The Hall–Kier alpha value is -4.33. The lowest BCUT2D eigenvalue weighted by atomic mass is 10.2. The van der Waals surface area contributed by atoms with Crippen LogP contribution in [0.4, 0.5) is 5.69 Å². The lowest BCUT2D eigenvalue weighted by Gasteiger charge is -2.08. The number of aryl methyl sites for hydroxylation is 1. The number of rotatable bonds is 5. The highest BCUT2D eigenvalue weighted by Crippen LogP contribution is 2.23. The molecule has 0 spiro atoms. The highest BCUT2D eigenvalue weighted by atomic mass is 16.2. The van der Waals surface area contributed by atoms with E-state index in [4.69, 9.17) is 0 Å². The molecule has 152 valence electrons. The molecule has 5 rings (SSSR count). The van der Waals surface area contributed by atoms with E-state index >= 15 is 0 Å². The van der Waals surface area contributed by atoms with E-state index in [-0.39, 0.29) is 24.4 Å². The van der Waals surface area contributed by atoms with Gasteiger partial charge in [0.05, 0.1) is 23.0 Å². The number of hydrogen-bond donors (Lipinski definition) is 2. The van der Waals surface area contributed by atoms with E-state index in [1.54, 1.807) is 24.3 Å². The Bertz CT molecular complexity index is 1440. The fourth-order valence-corrected chi connectivity index (χ4v) is 3.43. The molecule has 2 heterocycles. The van der Waals surface area contributed by atoms with E-state index in [2.05, 4.69) is 25.6 Å². The Balaban J connectivity index is 1.29. The van der Waals surface area contributed by atoms with Gasteiger partial charge < -0.3 is 10.3 Å². The fourth-order valence-electron chi connectivity index (χ4n) is 3.43. The molecule has 31 heavy (non-hydrogen) atoms. The third-order valence-electron chi connectivity index (χ3n) is 4.99. The first-order chi connectivity index (χ1) is 15.2. The number of aromatic nitrogens is 5. The quantitative estimate of drug-likeness (QED) is 0.462. The summed E-state index contributed by atoms with van der Waals surface area (Å²) in [6.45, 7) is 0.145. The van der Waals surface area contributed by atoms with E-state index < -0.39 is 0 Å². The molecule has 0 unspecified atom stereocenters. The summed E-state index contributed by atoms with van der Waals surface area (Å²) in [5, 5.41) is 11.3. The van der Waals surface area contributed by atoms with Crippen molar-refractivity contribution in [3.63, 3.8) is 0 Å². The van der Waals surface area contributed by atoms with Crippen molar-refractivity contribution in [2.75, 3.05) is 5.32 Å². The molecule has 0 aliphatic rings. The van der Waals surface area contributed by atoms with Crippen LogP contribution in [0.1, 0.15) is 6.42 Å². The second kappa shape index (κ2) is 7.83. The van der Waals surface area contributed by atoms with Crippen LogP contribution in [-0.2, 0) is 11.3 Å². The lowest BCUT2D eigenvalue weighted by molar-refractivity contribution is -0.116. The molecule has 0 atom stereocenters. The van der Waals surface area contributed by atoms with E-state index in [1.165, 1.54) is 4.68 Å². The molecular formula is C23H18N6O2. The van der Waals surface area contributed by atoms with Gasteiger partial charge in [0.25, 0.3) is 5.56 Å². The molecule has 0 fully saturated rings. The number of amides is 1. The average molecular weight is 410 g/mol. The molecular weight excluding hydrogens is 392 g/mol. The molecule has 0 bridgehead atoms. The first kappa shape index (κ1) is 18.7. The highest BCUT2D eigenvalue weighted by molar-refractivity contribution is 5.91. The molecule has 0 saturated carbocycles. The number of fused-ring (bicyclic) bond motifs is 2. The number of H-pyrrole nitrogens is 1. The Morgan fingerprint density at radius 2 is 1.77 bits per heavy atom. The number of carbonyl (C=O) groups is 1. The number of benzene rings is 3. The minimum atomic E-state index is -0.259. The number of nitrogens with one attached hydrogen (secondary N) is 2. The van der Waals surface area contributed by atoms with Crippen LogP contribution < -0.4 is 10.9 Å². The van der Waals surface area contributed by atoms with Gasteiger partial charge in [-0.2, -0.15) is 0 Å². The first-order valence-corrected chi connectivity index (χ1v) is 9.85. The van der Waals surface area contributed by atoms with Crippen LogP contribution in [0, 0.1) is 0 Å². The summed E-state index contributed by atoms with van der Waals surface area (Å²) in [6, 6.07) is 22.3. The van der Waals surface area contributed by atoms with Gasteiger partial charge in [0.15, 0.2) is 0 Å². The zero-order valence-electron chi connectivity index (χ0n) is 16.4. The van der Waals surface area contributed by atoms with Crippen LogP contribution in [0.15, 0.2) is 77.6 Å². The number of anilines is 1. The predicted octanol–water partition coefficient (Wildman–Crippen LogP) is 3.36. The van der Waals surface area contributed by atoms with Crippen molar-refractivity contribution in [3.8, 4) is 11.4 Å². The van der Waals surface area contributed by atoms with Gasteiger partial charge in [-0.15, -0.1) is 5.10 Å². The van der Waals surface area contributed by atoms with Crippen LogP contribution in [0.2, 0.25) is 0 Å². The molecule has 8 nitrogen and oxygen atoms in total. The second-order valence-corrected chi connectivity index (χ2v) is 7.12. The monoisotopic (exact) mass is 410 g/mol. The third-order valence-corrected chi connectivity index (χ3v) is 4.99. The minimum Gasteiger partial charge on any atom is -0.338 e. The molecule has 0 aliphatic heterocycles. The van der Waals surface area contributed by atoms with Gasteiger partial charge in [0, 0.05) is 17.7 Å². The first-order valence-electron chi connectivity index (χ1n) is 9.85. The van der Waals surface area contributed by atoms with Crippen LogP contribution in [0.3, 0.4) is 0 Å². The van der Waals surface area contributed by atoms with Crippen LogP contribution in [-0.4, -0.2) is 30.9 Å². The number of aromatic amines is 1. The summed E-state index contributed by atoms with van der Waals surface area (Å²) in [6.07, 6.45) is 0.0990. The lowest BCUT2D eigenvalue weighted by Crippen LogP contribution is -2.26. The Morgan fingerprint density at radius 3 is 2.65 bits per heavy atom. The van der Waals surface area contributed by atoms with E-state index in [1.807, 2.05) is 48.5 Å². The normalized spacial score (nSPS) is 11.1. The van der Waals surface area contributed by atoms with Crippen LogP contribution in [0.5, 0.6) is 0 Å². The Morgan fingerprint density at radius 1 is 0.968 bits per heavy atom. The molecule has 0 aliphatic carbocycles. The number of hydrogen-bond acceptors (Lipinski definition) is 5. The molecule has 2 aromatic heterocycles. The number of carbonyl (C=O) groups excluding carboxylic acids is 1. The van der Waals surface area contributed by atoms with Crippen molar-refractivity contribution < 1.29 is 4.79 Å². The van der Waals surface area contributed by atoms with Crippen molar-refractivity contribution in [3.05, 3.63) is 83.2 Å². The Kier molecular flexibility index (Phi) is 4.72. The summed E-state index contributed by atoms with van der Waals surface area (Å²) in [4.78, 5) is 32.8. The van der Waals surface area contributed by atoms with Gasteiger partial charge >= 0.3 is 0 Å². The SMILES string of the molecule is O=C(CCn1nnc2ccccc2c1=O)Nc1cccc(-c2nc3ccccc3[nH]2)c1. The van der Waals surface area contributed by atoms with Crippen molar-refractivity contribution in [1.82, 2.24) is 25.0 Å². The zero-order valence-corrected chi connectivity index (χ0v) is 16.4. The molecule has 8 heteroatoms. The summed E-state index contributed by atoms with van der Waals surface area (Å²) >= 11 is 0. The smallest absolute Gasteiger partial charge is 0.277 e. The van der Waals surface area contributed by atoms with Gasteiger partial charge in [-0.25, -0.2) is 9.67 Å². The number of para-hydroxylation sites is 2. The fraction of sp³-hybridized carbons (Fsp3) is 0.0870. The summed E-state index contributed by atoms with van der Waals surface area (Å²) in [7, 11) is 0. The van der Waals surface area contributed by atoms with Crippen LogP contribution in [0.25, 0.3) is 33.3 Å². The van der Waals surface area contributed by atoms with Gasteiger partial charge in [0.2, 0.25) is 5.91 Å².